The molecule has 0 aliphatic carbocycles. The third kappa shape index (κ3) is 2.52. The van der Waals surface area contributed by atoms with Crippen molar-refractivity contribution in [1.29, 1.82) is 0 Å². The molecule has 1 rings (SSSR count). The molecule has 0 spiro atoms. The zero-order chi connectivity index (χ0) is 9.84. The molecule has 0 amide bonds. The van der Waals surface area contributed by atoms with Crippen molar-refractivity contribution in [3.63, 3.8) is 0 Å². The second-order valence-electron chi connectivity index (χ2n) is 2.91. The van der Waals surface area contributed by atoms with Gasteiger partial charge in [-0.2, -0.15) is 0 Å². The minimum absolute atomic E-state index is 0.362. The van der Waals surface area contributed by atoms with E-state index in [1.54, 1.807) is 11.8 Å². The second kappa shape index (κ2) is 4.73. The Morgan fingerprint density at radius 1 is 1.54 bits per heavy atom. The first-order chi connectivity index (χ1) is 6.19. The lowest BCUT2D eigenvalue weighted by Crippen LogP contribution is -1.91. The molecule has 0 nitrogen and oxygen atoms in total. The third-order valence-corrected chi connectivity index (χ3v) is 3.08. The maximum atomic E-state index is 5.93. The molecule has 70 valence electrons. The summed E-state index contributed by atoms with van der Waals surface area (Å²) in [6.07, 6.45) is 4.01. The van der Waals surface area contributed by atoms with Crippen molar-refractivity contribution in [1.82, 2.24) is 0 Å². The van der Waals surface area contributed by atoms with Gasteiger partial charge in [0.15, 0.2) is 0 Å². The van der Waals surface area contributed by atoms with Crippen LogP contribution in [-0.4, -0.2) is 6.26 Å². The van der Waals surface area contributed by atoms with Crippen LogP contribution < -0.4 is 0 Å². The van der Waals surface area contributed by atoms with Crippen LogP contribution >= 0.6 is 23.4 Å². The fraction of sp³-hybridized carbons (Fsp3) is 0.273. The van der Waals surface area contributed by atoms with Crippen LogP contribution in [0.3, 0.4) is 0 Å². The van der Waals surface area contributed by atoms with Crippen molar-refractivity contribution in [2.45, 2.75) is 17.7 Å². The predicted molar refractivity (Wildman–Crippen MR) is 61.8 cm³/mol. The van der Waals surface area contributed by atoms with E-state index in [-0.39, 0.29) is 0 Å². The van der Waals surface area contributed by atoms with Gasteiger partial charge >= 0.3 is 0 Å². The quantitative estimate of drug-likeness (QED) is 0.530. The van der Waals surface area contributed by atoms with Gasteiger partial charge in [0.25, 0.3) is 0 Å². The highest BCUT2D eigenvalue weighted by molar-refractivity contribution is 7.98. The lowest BCUT2D eigenvalue weighted by Gasteiger charge is -2.11. The highest BCUT2D eigenvalue weighted by atomic mass is 35.5. The number of benzene rings is 1. The van der Waals surface area contributed by atoms with Gasteiger partial charge in [0.1, 0.15) is 0 Å². The third-order valence-electron chi connectivity index (χ3n) is 2.04. The Balaban J connectivity index is 3.14. The molecule has 1 unspecified atom stereocenters. The van der Waals surface area contributed by atoms with Crippen LogP contribution in [0.2, 0.25) is 5.02 Å². The molecule has 0 saturated carbocycles. The lowest BCUT2D eigenvalue weighted by molar-refractivity contribution is 0.938. The number of halogens is 1. The molecular formula is C11H13ClS. The summed E-state index contributed by atoms with van der Waals surface area (Å²) < 4.78 is 0. The summed E-state index contributed by atoms with van der Waals surface area (Å²) in [7, 11) is 0. The van der Waals surface area contributed by atoms with E-state index in [0.29, 0.717) is 5.92 Å². The van der Waals surface area contributed by atoms with E-state index in [4.69, 9.17) is 11.6 Å². The van der Waals surface area contributed by atoms with E-state index in [1.165, 1.54) is 10.5 Å². The molecular weight excluding hydrogens is 200 g/mol. The second-order valence-corrected chi connectivity index (χ2v) is 4.20. The maximum absolute atomic E-state index is 5.93. The van der Waals surface area contributed by atoms with Crippen LogP contribution in [0.15, 0.2) is 35.7 Å². The summed E-state index contributed by atoms with van der Waals surface area (Å²) >= 11 is 7.67. The molecule has 0 heterocycles. The first-order valence-corrected chi connectivity index (χ1v) is 5.75. The topological polar surface area (TPSA) is 0 Å². The maximum Gasteiger partial charge on any atom is 0.0409 e. The number of hydrogen-bond acceptors (Lipinski definition) is 1. The Kier molecular flexibility index (Phi) is 3.89. The SMILES string of the molecule is C=CC(C)c1cc(Cl)ccc1SC. The van der Waals surface area contributed by atoms with Crippen molar-refractivity contribution in [3.05, 3.63) is 41.4 Å². The molecule has 2 heteroatoms. The number of thioether (sulfide) groups is 1. The van der Waals surface area contributed by atoms with Crippen LogP contribution in [0, 0.1) is 0 Å². The molecule has 0 aromatic heterocycles. The largest absolute Gasteiger partial charge is 0.129 e. The van der Waals surface area contributed by atoms with E-state index in [0.717, 1.165) is 5.02 Å². The number of hydrogen-bond donors (Lipinski definition) is 0. The van der Waals surface area contributed by atoms with Crippen LogP contribution in [0.1, 0.15) is 18.4 Å². The molecule has 1 aromatic rings. The summed E-state index contributed by atoms with van der Waals surface area (Å²) in [6, 6.07) is 5.99. The predicted octanol–water partition coefficient (Wildman–Crippen LogP) is 4.35. The van der Waals surface area contributed by atoms with Gasteiger partial charge in [-0.25, -0.2) is 0 Å². The monoisotopic (exact) mass is 212 g/mol. The molecule has 0 bridgehead atoms. The molecule has 1 aromatic carbocycles. The van der Waals surface area contributed by atoms with Gasteiger partial charge in [-0.15, -0.1) is 18.3 Å². The molecule has 0 N–H and O–H groups in total. The summed E-state index contributed by atoms with van der Waals surface area (Å²) in [5.41, 5.74) is 1.26. The van der Waals surface area contributed by atoms with Crippen LogP contribution in [0.25, 0.3) is 0 Å². The zero-order valence-electron chi connectivity index (χ0n) is 7.88. The molecule has 13 heavy (non-hydrogen) atoms. The molecule has 0 aliphatic heterocycles. The highest BCUT2D eigenvalue weighted by Gasteiger charge is 2.07. The van der Waals surface area contributed by atoms with Gasteiger partial charge in [0.2, 0.25) is 0 Å². The van der Waals surface area contributed by atoms with Crippen LogP contribution in [0.5, 0.6) is 0 Å². The lowest BCUT2D eigenvalue weighted by atomic mass is 10.0. The Morgan fingerprint density at radius 2 is 2.23 bits per heavy atom. The van der Waals surface area contributed by atoms with Gasteiger partial charge in [-0.3, -0.25) is 0 Å². The highest BCUT2D eigenvalue weighted by Crippen LogP contribution is 2.30. The van der Waals surface area contributed by atoms with Crippen molar-refractivity contribution < 1.29 is 0 Å². The van der Waals surface area contributed by atoms with E-state index >= 15 is 0 Å². The van der Waals surface area contributed by atoms with Gasteiger partial charge in [-0.05, 0) is 35.9 Å². The molecule has 0 saturated heterocycles. The fourth-order valence-corrected chi connectivity index (χ4v) is 2.05. The standard InChI is InChI=1S/C11H13ClS/c1-4-8(2)10-7-9(12)5-6-11(10)13-3/h4-8H,1H2,2-3H3. The first-order valence-electron chi connectivity index (χ1n) is 4.15. The van der Waals surface area contributed by atoms with Crippen LogP contribution in [0.4, 0.5) is 0 Å². The molecule has 0 fully saturated rings. The van der Waals surface area contributed by atoms with Gasteiger partial charge in [0.05, 0.1) is 0 Å². The molecule has 0 aliphatic rings. The van der Waals surface area contributed by atoms with E-state index in [2.05, 4.69) is 25.8 Å². The Labute approximate surface area is 89.0 Å². The summed E-state index contributed by atoms with van der Waals surface area (Å²) in [5, 5.41) is 0.793. The summed E-state index contributed by atoms with van der Waals surface area (Å²) in [6.45, 7) is 5.91. The number of rotatable bonds is 3. The van der Waals surface area contributed by atoms with Crippen LogP contribution in [-0.2, 0) is 0 Å². The minimum Gasteiger partial charge on any atom is -0.129 e. The zero-order valence-corrected chi connectivity index (χ0v) is 9.45. The van der Waals surface area contributed by atoms with E-state index < -0.39 is 0 Å². The van der Waals surface area contributed by atoms with Crippen molar-refractivity contribution in [3.8, 4) is 0 Å². The van der Waals surface area contributed by atoms with Crippen molar-refractivity contribution in [2.75, 3.05) is 6.26 Å². The minimum atomic E-state index is 0.362. The summed E-state index contributed by atoms with van der Waals surface area (Å²) in [4.78, 5) is 1.27. The number of allylic oxidation sites excluding steroid dienone is 1. The first kappa shape index (κ1) is 10.7. The smallest absolute Gasteiger partial charge is 0.0409 e. The average Bonchev–Trinajstić information content (AvgIpc) is 2.16. The van der Waals surface area contributed by atoms with Crippen molar-refractivity contribution in [2.24, 2.45) is 0 Å². The summed E-state index contributed by atoms with van der Waals surface area (Å²) in [5.74, 6) is 0.362. The fourth-order valence-electron chi connectivity index (χ4n) is 1.19. The van der Waals surface area contributed by atoms with Gasteiger partial charge in [-0.1, -0.05) is 24.6 Å². The van der Waals surface area contributed by atoms with Gasteiger partial charge in [0, 0.05) is 9.92 Å². The van der Waals surface area contributed by atoms with Gasteiger partial charge < -0.3 is 0 Å². The Morgan fingerprint density at radius 3 is 2.77 bits per heavy atom. The normalized spacial score (nSPS) is 12.5. The molecule has 1 atom stereocenters. The molecule has 0 radical (unpaired) electrons. The van der Waals surface area contributed by atoms with E-state index in [9.17, 15) is 0 Å². The van der Waals surface area contributed by atoms with Crippen molar-refractivity contribution >= 4 is 23.4 Å². The van der Waals surface area contributed by atoms with E-state index in [1.807, 2.05) is 18.2 Å². The Bertz CT molecular complexity index is 307. The Hall–Kier alpha value is -0.400. The average molecular weight is 213 g/mol.